The topological polar surface area (TPSA) is 89.9 Å². The number of benzene rings is 1. The van der Waals surface area contributed by atoms with Gasteiger partial charge in [-0.2, -0.15) is 0 Å². The standard InChI is InChI=1S/C8H8ClN5O/c9-6-2-1-3-7(4-6)12-13-8(15)5-11-14-10/h1-4,12H,5H2,(H,13,15). The molecule has 7 heteroatoms. The van der Waals surface area contributed by atoms with Crippen molar-refractivity contribution in [3.8, 4) is 0 Å². The van der Waals surface area contributed by atoms with Gasteiger partial charge in [-0.05, 0) is 23.7 Å². The van der Waals surface area contributed by atoms with Gasteiger partial charge in [0.1, 0.15) is 6.54 Å². The van der Waals surface area contributed by atoms with Crippen LogP contribution in [0.1, 0.15) is 0 Å². The predicted octanol–water partition coefficient (Wildman–Crippen LogP) is 2.09. The molecule has 0 aliphatic carbocycles. The molecule has 15 heavy (non-hydrogen) atoms. The molecule has 1 amide bonds. The van der Waals surface area contributed by atoms with Gasteiger partial charge in [0.2, 0.25) is 5.91 Å². The molecule has 0 aliphatic rings. The molecule has 1 aromatic carbocycles. The lowest BCUT2D eigenvalue weighted by molar-refractivity contribution is -0.119. The molecular weight excluding hydrogens is 218 g/mol. The lowest BCUT2D eigenvalue weighted by atomic mass is 10.3. The summed E-state index contributed by atoms with van der Waals surface area (Å²) in [6.45, 7) is -0.246. The summed E-state index contributed by atoms with van der Waals surface area (Å²) in [5, 5.41) is 3.66. The highest BCUT2D eigenvalue weighted by Crippen LogP contribution is 2.13. The Balaban J connectivity index is 2.43. The third-order valence-corrected chi connectivity index (χ3v) is 1.68. The molecule has 1 rings (SSSR count). The highest BCUT2D eigenvalue weighted by molar-refractivity contribution is 6.30. The zero-order valence-corrected chi connectivity index (χ0v) is 8.40. The van der Waals surface area contributed by atoms with Gasteiger partial charge in [0, 0.05) is 9.93 Å². The number of carbonyl (C=O) groups is 1. The minimum Gasteiger partial charge on any atom is -0.299 e. The van der Waals surface area contributed by atoms with Gasteiger partial charge in [0.25, 0.3) is 0 Å². The Morgan fingerprint density at radius 3 is 3.07 bits per heavy atom. The van der Waals surface area contributed by atoms with Gasteiger partial charge >= 0.3 is 0 Å². The van der Waals surface area contributed by atoms with Crippen LogP contribution >= 0.6 is 11.6 Å². The van der Waals surface area contributed by atoms with Crippen LogP contribution in [-0.4, -0.2) is 12.5 Å². The van der Waals surface area contributed by atoms with Crippen LogP contribution in [0.3, 0.4) is 0 Å². The lowest BCUT2D eigenvalue weighted by Gasteiger charge is -2.06. The van der Waals surface area contributed by atoms with E-state index in [1.54, 1.807) is 24.3 Å². The fourth-order valence-corrected chi connectivity index (χ4v) is 1.03. The number of rotatable bonds is 4. The van der Waals surface area contributed by atoms with Crippen LogP contribution in [0.25, 0.3) is 10.4 Å². The molecular formula is C8H8ClN5O. The summed E-state index contributed by atoms with van der Waals surface area (Å²) in [6.07, 6.45) is 0. The van der Waals surface area contributed by atoms with Crippen molar-refractivity contribution >= 4 is 23.2 Å². The third kappa shape index (κ3) is 4.21. The zero-order valence-electron chi connectivity index (χ0n) is 7.64. The fraction of sp³-hybridized carbons (Fsp3) is 0.125. The van der Waals surface area contributed by atoms with Gasteiger partial charge < -0.3 is 0 Å². The second-order valence-corrected chi connectivity index (χ2v) is 3.01. The Hall–Kier alpha value is -1.91. The van der Waals surface area contributed by atoms with Crippen LogP contribution in [0, 0.1) is 0 Å². The zero-order chi connectivity index (χ0) is 11.1. The van der Waals surface area contributed by atoms with Gasteiger partial charge in [-0.15, -0.1) is 0 Å². The van der Waals surface area contributed by atoms with Crippen molar-refractivity contribution in [2.24, 2.45) is 5.11 Å². The summed E-state index contributed by atoms with van der Waals surface area (Å²) in [5.41, 5.74) is 13.6. The Labute approximate surface area is 90.8 Å². The Morgan fingerprint density at radius 2 is 2.40 bits per heavy atom. The van der Waals surface area contributed by atoms with E-state index in [1.165, 1.54) is 0 Å². The van der Waals surface area contributed by atoms with Crippen LogP contribution < -0.4 is 10.9 Å². The number of anilines is 1. The third-order valence-electron chi connectivity index (χ3n) is 1.45. The van der Waals surface area contributed by atoms with E-state index in [9.17, 15) is 4.79 Å². The van der Waals surface area contributed by atoms with Crippen LogP contribution in [0.15, 0.2) is 29.4 Å². The molecule has 0 atom stereocenters. The summed E-state index contributed by atoms with van der Waals surface area (Å²) in [4.78, 5) is 13.4. The van der Waals surface area contributed by atoms with E-state index < -0.39 is 5.91 Å². The van der Waals surface area contributed by atoms with Crippen molar-refractivity contribution in [3.05, 3.63) is 39.7 Å². The molecule has 6 nitrogen and oxygen atoms in total. The first-order valence-electron chi connectivity index (χ1n) is 4.03. The molecule has 0 saturated heterocycles. The molecule has 78 valence electrons. The number of hydrazine groups is 1. The molecule has 0 radical (unpaired) electrons. The second kappa shape index (κ2) is 5.74. The van der Waals surface area contributed by atoms with E-state index in [0.717, 1.165) is 0 Å². The highest BCUT2D eigenvalue weighted by atomic mass is 35.5. The van der Waals surface area contributed by atoms with Crippen molar-refractivity contribution in [3.63, 3.8) is 0 Å². The number of carbonyl (C=O) groups excluding carboxylic acids is 1. The smallest absolute Gasteiger partial charge is 0.244 e. The first-order chi connectivity index (χ1) is 7.22. The van der Waals surface area contributed by atoms with Crippen molar-refractivity contribution < 1.29 is 4.79 Å². The number of nitrogens with one attached hydrogen (secondary N) is 2. The van der Waals surface area contributed by atoms with Crippen molar-refractivity contribution in [2.45, 2.75) is 0 Å². The second-order valence-electron chi connectivity index (χ2n) is 2.57. The van der Waals surface area contributed by atoms with E-state index in [0.29, 0.717) is 10.7 Å². The molecule has 0 unspecified atom stereocenters. The number of halogens is 1. The van der Waals surface area contributed by atoms with Gasteiger partial charge in [-0.3, -0.25) is 15.6 Å². The fourth-order valence-electron chi connectivity index (χ4n) is 0.843. The van der Waals surface area contributed by atoms with E-state index in [2.05, 4.69) is 20.9 Å². The average molecular weight is 226 g/mol. The van der Waals surface area contributed by atoms with Crippen molar-refractivity contribution in [1.82, 2.24) is 5.43 Å². The summed E-state index contributed by atoms with van der Waals surface area (Å²) in [6, 6.07) is 6.84. The summed E-state index contributed by atoms with van der Waals surface area (Å²) >= 11 is 5.72. The Morgan fingerprint density at radius 1 is 1.60 bits per heavy atom. The van der Waals surface area contributed by atoms with Gasteiger partial charge in [-0.25, -0.2) is 0 Å². The molecule has 2 N–H and O–H groups in total. The minimum atomic E-state index is -0.423. The van der Waals surface area contributed by atoms with Crippen LogP contribution in [0.5, 0.6) is 0 Å². The SMILES string of the molecule is [N-]=[N+]=NCC(=O)NNc1cccc(Cl)c1. The number of nitrogens with zero attached hydrogens (tertiary/aromatic N) is 3. The van der Waals surface area contributed by atoms with E-state index in [-0.39, 0.29) is 6.54 Å². The highest BCUT2D eigenvalue weighted by Gasteiger charge is 1.98. The molecule has 1 aromatic rings. The van der Waals surface area contributed by atoms with Crippen LogP contribution in [0.4, 0.5) is 5.69 Å². The lowest BCUT2D eigenvalue weighted by Crippen LogP contribution is -2.30. The summed E-state index contributed by atoms with van der Waals surface area (Å²) in [5.74, 6) is -0.423. The monoisotopic (exact) mass is 225 g/mol. The van der Waals surface area contributed by atoms with E-state index >= 15 is 0 Å². The first kappa shape index (κ1) is 11.2. The minimum absolute atomic E-state index is 0.246. The summed E-state index contributed by atoms with van der Waals surface area (Å²) < 4.78 is 0. The Bertz CT molecular complexity index is 402. The van der Waals surface area contributed by atoms with Crippen LogP contribution in [-0.2, 0) is 4.79 Å². The molecule has 0 aromatic heterocycles. The molecule has 0 spiro atoms. The van der Waals surface area contributed by atoms with Gasteiger partial charge in [0.15, 0.2) is 0 Å². The number of amides is 1. The summed E-state index contributed by atoms with van der Waals surface area (Å²) in [7, 11) is 0. The number of hydrogen-bond donors (Lipinski definition) is 2. The molecule has 0 saturated carbocycles. The van der Waals surface area contributed by atoms with Crippen molar-refractivity contribution in [1.29, 1.82) is 0 Å². The molecule has 0 fully saturated rings. The molecule has 0 bridgehead atoms. The normalized spacial score (nSPS) is 8.87. The number of hydrogen-bond acceptors (Lipinski definition) is 3. The van der Waals surface area contributed by atoms with Gasteiger partial charge in [0.05, 0.1) is 5.69 Å². The maximum Gasteiger partial charge on any atom is 0.244 e. The maximum atomic E-state index is 11.0. The molecule has 0 heterocycles. The average Bonchev–Trinajstić information content (AvgIpc) is 2.23. The maximum absolute atomic E-state index is 11.0. The molecule has 0 aliphatic heterocycles. The Kier molecular flexibility index (Phi) is 4.28. The quantitative estimate of drug-likeness (QED) is 0.356. The van der Waals surface area contributed by atoms with Crippen LogP contribution in [0.2, 0.25) is 5.02 Å². The number of azide groups is 1. The van der Waals surface area contributed by atoms with Crippen molar-refractivity contribution in [2.75, 3.05) is 12.0 Å². The predicted molar refractivity (Wildman–Crippen MR) is 57.2 cm³/mol. The van der Waals surface area contributed by atoms with E-state index in [4.69, 9.17) is 17.1 Å². The van der Waals surface area contributed by atoms with E-state index in [1.807, 2.05) is 0 Å². The first-order valence-corrected chi connectivity index (χ1v) is 4.41. The van der Waals surface area contributed by atoms with Gasteiger partial charge in [-0.1, -0.05) is 22.8 Å². The largest absolute Gasteiger partial charge is 0.299 e.